The van der Waals surface area contributed by atoms with Crippen LogP contribution in [0.25, 0.3) is 22.0 Å². The number of fused-ring (bicyclic) bond motifs is 1. The Kier molecular flexibility index (Phi) is 9.83. The van der Waals surface area contributed by atoms with Gasteiger partial charge in [0.1, 0.15) is 0 Å². The highest BCUT2D eigenvalue weighted by Gasteiger charge is 2.22. The molecule has 184 valence electrons. The Balaban J connectivity index is 0.00000204. The highest BCUT2D eigenvalue weighted by Crippen LogP contribution is 2.40. The van der Waals surface area contributed by atoms with Gasteiger partial charge in [-0.2, -0.15) is 0 Å². The average Bonchev–Trinajstić information content (AvgIpc) is 2.81. The lowest BCUT2D eigenvalue weighted by Gasteiger charge is -2.30. The van der Waals surface area contributed by atoms with Crippen molar-refractivity contribution in [1.29, 1.82) is 0 Å². The number of ether oxygens (including phenoxy) is 1. The van der Waals surface area contributed by atoms with E-state index in [0.717, 1.165) is 53.4 Å². The van der Waals surface area contributed by atoms with E-state index in [1.807, 2.05) is 25.2 Å². The number of halogens is 3. The first-order valence-corrected chi connectivity index (χ1v) is 11.2. The van der Waals surface area contributed by atoms with Crippen LogP contribution in [0.2, 0.25) is 5.02 Å². The molecule has 1 aliphatic carbocycles. The number of rotatable bonds is 6. The second-order valence-corrected chi connectivity index (χ2v) is 8.73. The minimum Gasteiger partial charge on any atom is -0.503 e. The first-order chi connectivity index (χ1) is 15.4. The molecule has 0 atom stereocenters. The van der Waals surface area contributed by atoms with Crippen molar-refractivity contribution in [2.24, 2.45) is 0 Å². The molecule has 0 saturated heterocycles. The number of carbonyl (C=O) groups excluding carboxylic acids is 1. The summed E-state index contributed by atoms with van der Waals surface area (Å²) in [4.78, 5) is 16.9. The number of ketones is 1. The van der Waals surface area contributed by atoms with Crippen molar-refractivity contribution in [3.8, 4) is 22.6 Å². The lowest BCUT2D eigenvalue weighted by atomic mass is 9.90. The normalized spacial score (nSPS) is 17.4. The zero-order valence-electron chi connectivity index (χ0n) is 19.4. The van der Waals surface area contributed by atoms with E-state index in [1.165, 1.54) is 7.11 Å². The van der Waals surface area contributed by atoms with Crippen LogP contribution in [0.15, 0.2) is 36.5 Å². The summed E-state index contributed by atoms with van der Waals surface area (Å²) in [5.74, 6) is 0.201. The molecule has 1 fully saturated rings. The SMILES string of the molecule is CNC1CCC(Nc2c(C(C)=O)cnc3ccc(-c4cc(Cl)c(O)c(OC)c4)cc23)CC1.Cl.Cl. The molecular weight excluding hydrogens is 497 g/mol. The molecule has 0 spiro atoms. The van der Waals surface area contributed by atoms with Gasteiger partial charge >= 0.3 is 0 Å². The first-order valence-electron chi connectivity index (χ1n) is 10.9. The van der Waals surface area contributed by atoms with Gasteiger partial charge in [-0.15, -0.1) is 24.8 Å². The Bertz CT molecular complexity index is 1170. The van der Waals surface area contributed by atoms with Crippen molar-refractivity contribution in [2.75, 3.05) is 19.5 Å². The molecule has 0 bridgehead atoms. The molecule has 4 rings (SSSR count). The van der Waals surface area contributed by atoms with E-state index in [0.29, 0.717) is 23.4 Å². The van der Waals surface area contributed by atoms with Crippen LogP contribution in [0.5, 0.6) is 11.5 Å². The number of nitrogens with one attached hydrogen (secondary N) is 2. The number of hydrogen-bond acceptors (Lipinski definition) is 6. The lowest BCUT2D eigenvalue weighted by Crippen LogP contribution is -2.35. The van der Waals surface area contributed by atoms with Crippen LogP contribution < -0.4 is 15.4 Å². The van der Waals surface area contributed by atoms with E-state index >= 15 is 0 Å². The van der Waals surface area contributed by atoms with Crippen LogP contribution in [0.4, 0.5) is 5.69 Å². The zero-order valence-corrected chi connectivity index (χ0v) is 21.7. The molecule has 1 aliphatic rings. The maximum Gasteiger partial charge on any atom is 0.176 e. The van der Waals surface area contributed by atoms with Gasteiger partial charge in [-0.25, -0.2) is 0 Å². The molecule has 1 aromatic heterocycles. The average molecular weight is 527 g/mol. The third kappa shape index (κ3) is 5.69. The smallest absolute Gasteiger partial charge is 0.176 e. The van der Waals surface area contributed by atoms with E-state index in [1.54, 1.807) is 25.3 Å². The van der Waals surface area contributed by atoms with Gasteiger partial charge in [-0.05, 0) is 75.0 Å². The van der Waals surface area contributed by atoms with E-state index in [4.69, 9.17) is 16.3 Å². The molecule has 1 heterocycles. The van der Waals surface area contributed by atoms with Crippen molar-refractivity contribution in [1.82, 2.24) is 10.3 Å². The molecule has 2 aromatic carbocycles. The van der Waals surface area contributed by atoms with Gasteiger partial charge in [-0.3, -0.25) is 9.78 Å². The molecule has 6 nitrogen and oxygen atoms in total. The largest absolute Gasteiger partial charge is 0.503 e. The summed E-state index contributed by atoms with van der Waals surface area (Å²) in [6, 6.07) is 10.2. The van der Waals surface area contributed by atoms with Gasteiger partial charge in [0.05, 0.1) is 28.9 Å². The number of pyridine rings is 1. The fraction of sp³-hybridized carbons (Fsp3) is 0.360. The molecule has 1 saturated carbocycles. The third-order valence-corrected chi connectivity index (χ3v) is 6.60. The van der Waals surface area contributed by atoms with Crippen molar-refractivity contribution in [3.63, 3.8) is 0 Å². The van der Waals surface area contributed by atoms with Gasteiger partial charge in [-0.1, -0.05) is 17.7 Å². The van der Waals surface area contributed by atoms with Gasteiger partial charge in [0.2, 0.25) is 0 Å². The number of Topliss-reactive ketones (excluding diaryl/α,β-unsaturated/α-hetero) is 1. The van der Waals surface area contributed by atoms with Crippen LogP contribution in [-0.2, 0) is 0 Å². The number of aromatic nitrogens is 1. The Hall–Kier alpha value is -2.25. The number of anilines is 1. The van der Waals surface area contributed by atoms with Crippen LogP contribution in [-0.4, -0.2) is 42.1 Å². The van der Waals surface area contributed by atoms with Gasteiger partial charge in [0.25, 0.3) is 0 Å². The second kappa shape index (κ2) is 11.9. The molecule has 34 heavy (non-hydrogen) atoms. The summed E-state index contributed by atoms with van der Waals surface area (Å²) in [5.41, 5.74) is 3.92. The molecule has 3 aromatic rings. The Morgan fingerprint density at radius 3 is 2.38 bits per heavy atom. The van der Waals surface area contributed by atoms with Crippen LogP contribution in [0, 0.1) is 0 Å². The number of benzene rings is 2. The minimum atomic E-state index is -0.0845. The highest BCUT2D eigenvalue weighted by atomic mass is 35.5. The Labute approximate surface area is 217 Å². The second-order valence-electron chi connectivity index (χ2n) is 8.33. The molecular formula is C25H30Cl3N3O3. The third-order valence-electron chi connectivity index (χ3n) is 6.31. The molecule has 0 aliphatic heterocycles. The van der Waals surface area contributed by atoms with E-state index in [-0.39, 0.29) is 41.4 Å². The van der Waals surface area contributed by atoms with Crippen LogP contribution >= 0.6 is 36.4 Å². The van der Waals surface area contributed by atoms with Crippen LogP contribution in [0.1, 0.15) is 43.0 Å². The standard InChI is InChI=1S/C25H28ClN3O3.2ClH/c1-14(30)20-13-28-22-9-4-15(16-11-21(26)25(31)23(12-16)32-3)10-19(22)24(20)29-18-7-5-17(27-2)6-8-18;;/h4,9-13,17-18,27,31H,5-8H2,1-3H3,(H,28,29);2*1H. The summed E-state index contributed by atoms with van der Waals surface area (Å²) in [5, 5.41) is 18.2. The molecule has 0 unspecified atom stereocenters. The van der Waals surface area contributed by atoms with Gasteiger partial charge in [0.15, 0.2) is 17.3 Å². The maximum atomic E-state index is 12.4. The van der Waals surface area contributed by atoms with Crippen molar-refractivity contribution < 1.29 is 14.6 Å². The monoisotopic (exact) mass is 525 g/mol. The van der Waals surface area contributed by atoms with Crippen LogP contribution in [0.3, 0.4) is 0 Å². The number of carbonyl (C=O) groups is 1. The molecule has 9 heteroatoms. The minimum absolute atomic E-state index is 0. The predicted octanol–water partition coefficient (Wildman–Crippen LogP) is 6.26. The van der Waals surface area contributed by atoms with Crippen molar-refractivity contribution in [3.05, 3.63) is 47.1 Å². The Morgan fingerprint density at radius 2 is 1.76 bits per heavy atom. The summed E-state index contributed by atoms with van der Waals surface area (Å²) in [7, 11) is 3.50. The zero-order chi connectivity index (χ0) is 22.8. The van der Waals surface area contributed by atoms with Gasteiger partial charge in [0, 0.05) is 23.7 Å². The quantitative estimate of drug-likeness (QED) is 0.329. The maximum absolute atomic E-state index is 12.4. The fourth-order valence-corrected chi connectivity index (χ4v) is 4.63. The summed E-state index contributed by atoms with van der Waals surface area (Å²) in [6.07, 6.45) is 5.94. The van der Waals surface area contributed by atoms with Crippen molar-refractivity contribution in [2.45, 2.75) is 44.7 Å². The number of phenols is 1. The number of methoxy groups -OCH3 is 1. The highest BCUT2D eigenvalue weighted by molar-refractivity contribution is 6.32. The fourth-order valence-electron chi connectivity index (χ4n) is 4.42. The predicted molar refractivity (Wildman–Crippen MR) is 144 cm³/mol. The lowest BCUT2D eigenvalue weighted by molar-refractivity contribution is 0.101. The number of phenolic OH excluding ortho intramolecular Hbond substituents is 1. The molecule has 0 amide bonds. The van der Waals surface area contributed by atoms with E-state index in [9.17, 15) is 9.90 Å². The molecule has 3 N–H and O–H groups in total. The topological polar surface area (TPSA) is 83.5 Å². The molecule has 0 radical (unpaired) electrons. The summed E-state index contributed by atoms with van der Waals surface area (Å²) >= 11 is 6.21. The Morgan fingerprint density at radius 1 is 1.09 bits per heavy atom. The summed E-state index contributed by atoms with van der Waals surface area (Å²) in [6.45, 7) is 1.57. The number of nitrogens with zero attached hydrogens (tertiary/aromatic N) is 1. The number of hydrogen-bond donors (Lipinski definition) is 3. The van der Waals surface area contributed by atoms with Gasteiger partial charge < -0.3 is 20.5 Å². The van der Waals surface area contributed by atoms with E-state index < -0.39 is 0 Å². The summed E-state index contributed by atoms with van der Waals surface area (Å²) < 4.78 is 5.26. The van der Waals surface area contributed by atoms with E-state index in [2.05, 4.69) is 15.6 Å². The van der Waals surface area contributed by atoms with Crippen molar-refractivity contribution >= 4 is 58.8 Å². The number of aromatic hydroxyl groups is 1. The first kappa shape index (κ1) is 28.0.